The van der Waals surface area contributed by atoms with Gasteiger partial charge >= 0.3 is 17.6 Å². The molecule has 9 nitrogen and oxygen atoms in total. The van der Waals surface area contributed by atoms with Crippen molar-refractivity contribution in [1.29, 1.82) is 0 Å². The fraction of sp³-hybridized carbons (Fsp3) is 0.556. The van der Waals surface area contributed by atoms with Crippen molar-refractivity contribution in [1.82, 2.24) is 23.9 Å². The van der Waals surface area contributed by atoms with E-state index >= 15 is 0 Å². The highest BCUT2D eigenvalue weighted by atomic mass is 32.1. The Kier molecular flexibility index (Phi) is 5.41. The topological polar surface area (TPSA) is 104 Å². The Morgan fingerprint density at radius 2 is 2.00 bits per heavy atom. The number of nitrogens with one attached hydrogen (secondary N) is 1. The number of hydrogen-bond donors (Lipinski definition) is 1. The SMILES string of the molecule is CO[C@H]1C[C@H](n2c(=O)c3c(C)c(Cn4nc[nH]c4=O)sc3n(CCC(F)(F)F)c2=O)C1. The van der Waals surface area contributed by atoms with Gasteiger partial charge in [-0.25, -0.2) is 14.3 Å². The molecule has 3 aromatic rings. The van der Waals surface area contributed by atoms with Crippen molar-refractivity contribution in [3.8, 4) is 0 Å². The minimum atomic E-state index is -4.46. The fourth-order valence-electron chi connectivity index (χ4n) is 3.79. The van der Waals surface area contributed by atoms with E-state index in [1.165, 1.54) is 13.4 Å². The summed E-state index contributed by atoms with van der Waals surface area (Å²) in [7, 11) is 1.53. The predicted molar refractivity (Wildman–Crippen MR) is 107 cm³/mol. The first-order valence-corrected chi connectivity index (χ1v) is 10.4. The lowest BCUT2D eigenvalue weighted by Gasteiger charge is -2.35. The Morgan fingerprint density at radius 3 is 2.58 bits per heavy atom. The van der Waals surface area contributed by atoms with Crippen molar-refractivity contribution in [2.45, 2.75) is 57.6 Å². The molecule has 0 aromatic carbocycles. The van der Waals surface area contributed by atoms with E-state index in [-0.39, 0.29) is 22.9 Å². The van der Waals surface area contributed by atoms with Crippen molar-refractivity contribution < 1.29 is 17.9 Å². The van der Waals surface area contributed by atoms with Gasteiger partial charge in [0.1, 0.15) is 11.2 Å². The number of ether oxygens (including phenoxy) is 1. The van der Waals surface area contributed by atoms with E-state index in [0.29, 0.717) is 23.3 Å². The standard InChI is InChI=1S/C18H20F3N5O4S/c1-9-12(7-25-16(28)22-8-23-25)31-15-13(9)14(27)26(10-5-11(6-10)30-2)17(29)24(15)4-3-18(19,20)21/h8,10-11H,3-7H2,1-2H3,(H,22,23,28)/t10-,11-. The lowest BCUT2D eigenvalue weighted by Crippen LogP contribution is -2.47. The van der Waals surface area contributed by atoms with Gasteiger partial charge in [-0.05, 0) is 25.3 Å². The third-order valence-electron chi connectivity index (χ3n) is 5.64. The molecular weight excluding hydrogens is 439 g/mol. The van der Waals surface area contributed by atoms with Gasteiger partial charge in [0.2, 0.25) is 0 Å². The molecule has 0 aliphatic heterocycles. The van der Waals surface area contributed by atoms with Crippen LogP contribution >= 0.6 is 11.3 Å². The molecule has 3 heterocycles. The third-order valence-corrected chi connectivity index (χ3v) is 6.94. The quantitative estimate of drug-likeness (QED) is 0.605. The number of halogens is 3. The van der Waals surface area contributed by atoms with Crippen LogP contribution in [0.2, 0.25) is 0 Å². The van der Waals surface area contributed by atoms with Crippen LogP contribution in [-0.4, -0.2) is 43.3 Å². The number of methoxy groups -OCH3 is 1. The van der Waals surface area contributed by atoms with Gasteiger partial charge in [-0.1, -0.05) is 0 Å². The van der Waals surface area contributed by atoms with Crippen LogP contribution in [0.1, 0.15) is 35.7 Å². The summed E-state index contributed by atoms with van der Waals surface area (Å²) in [6.07, 6.45) is -3.65. The van der Waals surface area contributed by atoms with Crippen molar-refractivity contribution in [2.75, 3.05) is 7.11 Å². The molecule has 0 unspecified atom stereocenters. The minimum Gasteiger partial charge on any atom is -0.381 e. The molecule has 1 N–H and O–H groups in total. The second kappa shape index (κ2) is 7.79. The zero-order valence-electron chi connectivity index (χ0n) is 16.7. The van der Waals surface area contributed by atoms with Crippen LogP contribution in [0.15, 0.2) is 20.7 Å². The third kappa shape index (κ3) is 3.87. The second-order valence-electron chi connectivity index (χ2n) is 7.54. The maximum Gasteiger partial charge on any atom is 0.390 e. The fourth-order valence-corrected chi connectivity index (χ4v) is 5.09. The number of hydrogen-bond acceptors (Lipinski definition) is 6. The number of fused-ring (bicyclic) bond motifs is 1. The molecule has 31 heavy (non-hydrogen) atoms. The molecule has 0 spiro atoms. The maximum atomic E-state index is 13.2. The summed E-state index contributed by atoms with van der Waals surface area (Å²) in [5.74, 6) is 0. The lowest BCUT2D eigenvalue weighted by atomic mass is 9.89. The summed E-state index contributed by atoms with van der Waals surface area (Å²) in [5.41, 5.74) is -1.22. The van der Waals surface area contributed by atoms with E-state index in [4.69, 9.17) is 4.74 Å². The first kappa shape index (κ1) is 21.6. The zero-order chi connectivity index (χ0) is 22.5. The van der Waals surface area contributed by atoms with E-state index in [9.17, 15) is 27.6 Å². The molecule has 168 valence electrons. The van der Waals surface area contributed by atoms with Gasteiger partial charge in [0, 0.05) is 24.6 Å². The van der Waals surface area contributed by atoms with Gasteiger partial charge in [0.05, 0.1) is 24.5 Å². The number of aromatic amines is 1. The highest BCUT2D eigenvalue weighted by molar-refractivity contribution is 7.18. The van der Waals surface area contributed by atoms with Crippen molar-refractivity contribution >= 4 is 21.6 Å². The molecule has 0 bridgehead atoms. The van der Waals surface area contributed by atoms with Crippen LogP contribution in [0.5, 0.6) is 0 Å². The molecule has 1 fully saturated rings. The molecular formula is C18H20F3N5O4S. The first-order chi connectivity index (χ1) is 14.6. The van der Waals surface area contributed by atoms with Gasteiger partial charge < -0.3 is 4.74 Å². The van der Waals surface area contributed by atoms with Gasteiger partial charge in [0.25, 0.3) is 5.56 Å². The molecule has 0 radical (unpaired) electrons. The molecule has 13 heteroatoms. The molecule has 3 aromatic heterocycles. The van der Waals surface area contributed by atoms with Crippen LogP contribution in [0, 0.1) is 6.92 Å². The van der Waals surface area contributed by atoms with Gasteiger partial charge in [-0.3, -0.25) is 18.9 Å². The van der Waals surface area contributed by atoms with E-state index in [2.05, 4.69) is 10.1 Å². The average Bonchev–Trinajstić information content (AvgIpc) is 3.20. The van der Waals surface area contributed by atoms with Crippen LogP contribution in [0.4, 0.5) is 13.2 Å². The van der Waals surface area contributed by atoms with Crippen LogP contribution in [-0.2, 0) is 17.8 Å². The summed E-state index contributed by atoms with van der Waals surface area (Å²) in [6.45, 7) is 1.10. The summed E-state index contributed by atoms with van der Waals surface area (Å²) in [6, 6.07) is -0.428. The number of H-pyrrole nitrogens is 1. The largest absolute Gasteiger partial charge is 0.390 e. The smallest absolute Gasteiger partial charge is 0.381 e. The van der Waals surface area contributed by atoms with Crippen molar-refractivity contribution in [3.63, 3.8) is 0 Å². The molecule has 0 atom stereocenters. The van der Waals surface area contributed by atoms with E-state index in [0.717, 1.165) is 25.2 Å². The van der Waals surface area contributed by atoms with E-state index in [1.54, 1.807) is 6.92 Å². The highest BCUT2D eigenvalue weighted by Gasteiger charge is 2.35. The number of nitrogens with zero attached hydrogens (tertiary/aromatic N) is 4. The monoisotopic (exact) mass is 459 g/mol. The number of rotatable bonds is 6. The first-order valence-electron chi connectivity index (χ1n) is 9.58. The maximum absolute atomic E-state index is 13.2. The van der Waals surface area contributed by atoms with Crippen LogP contribution in [0.25, 0.3) is 10.2 Å². The van der Waals surface area contributed by atoms with Crippen molar-refractivity contribution in [2.24, 2.45) is 0 Å². The summed E-state index contributed by atoms with van der Waals surface area (Å²) >= 11 is 1.03. The number of alkyl halides is 3. The predicted octanol–water partition coefficient (Wildman–Crippen LogP) is 1.77. The number of aromatic nitrogens is 5. The lowest BCUT2D eigenvalue weighted by molar-refractivity contribution is -0.136. The Bertz CT molecular complexity index is 1290. The Labute approximate surface area is 176 Å². The molecule has 0 amide bonds. The summed E-state index contributed by atoms with van der Waals surface area (Å²) < 4.78 is 47.2. The number of thiophene rings is 1. The highest BCUT2D eigenvalue weighted by Crippen LogP contribution is 2.34. The van der Waals surface area contributed by atoms with Gasteiger partial charge in [-0.15, -0.1) is 11.3 Å². The normalized spacial score (nSPS) is 19.1. The zero-order valence-corrected chi connectivity index (χ0v) is 17.5. The van der Waals surface area contributed by atoms with Crippen LogP contribution in [0.3, 0.4) is 0 Å². The minimum absolute atomic E-state index is 0.0373. The Balaban J connectivity index is 1.88. The van der Waals surface area contributed by atoms with Gasteiger partial charge in [0.15, 0.2) is 0 Å². The van der Waals surface area contributed by atoms with E-state index in [1.807, 2.05) is 0 Å². The molecule has 1 aliphatic rings. The second-order valence-corrected chi connectivity index (χ2v) is 8.62. The van der Waals surface area contributed by atoms with E-state index < -0.39 is 42.1 Å². The molecule has 1 saturated carbocycles. The van der Waals surface area contributed by atoms with Crippen LogP contribution < -0.4 is 16.9 Å². The van der Waals surface area contributed by atoms with Gasteiger partial charge in [-0.2, -0.15) is 18.3 Å². The molecule has 1 aliphatic carbocycles. The summed E-state index contributed by atoms with van der Waals surface area (Å²) in [4.78, 5) is 41.3. The Hall–Kier alpha value is -2.67. The molecule has 4 rings (SSSR count). The number of aryl methyl sites for hydroxylation is 2. The summed E-state index contributed by atoms with van der Waals surface area (Å²) in [5, 5.41) is 4.08. The van der Waals surface area contributed by atoms with Crippen molar-refractivity contribution in [3.05, 3.63) is 48.1 Å². The average molecular weight is 459 g/mol. The molecule has 0 saturated heterocycles. The Morgan fingerprint density at radius 1 is 1.29 bits per heavy atom.